The fourth-order valence-corrected chi connectivity index (χ4v) is 5.21. The smallest absolute Gasteiger partial charge is 0.355 e. The SMILES string of the molecule is CNCc1cn(S(=O)(=O)c2cccnc2)c2cc(Nc3ccc(Br)cc3C(F)(F)F)ccc12.Cl. The molecule has 2 aromatic carbocycles. The molecule has 0 unspecified atom stereocenters. The van der Waals surface area contributed by atoms with Crippen LogP contribution in [0.3, 0.4) is 0 Å². The van der Waals surface area contributed by atoms with Gasteiger partial charge in [-0.15, -0.1) is 12.4 Å². The topological polar surface area (TPSA) is 76.0 Å². The minimum Gasteiger partial charge on any atom is -0.355 e. The summed E-state index contributed by atoms with van der Waals surface area (Å²) in [4.78, 5) is 3.89. The highest BCUT2D eigenvalue weighted by Gasteiger charge is 2.34. The van der Waals surface area contributed by atoms with Crippen LogP contribution in [0.15, 0.2) is 76.5 Å². The van der Waals surface area contributed by atoms with E-state index in [1.54, 1.807) is 19.2 Å². The Balaban J connectivity index is 0.00000324. The van der Waals surface area contributed by atoms with E-state index in [2.05, 4.69) is 31.5 Å². The van der Waals surface area contributed by atoms with E-state index >= 15 is 0 Å². The summed E-state index contributed by atoms with van der Waals surface area (Å²) in [5.41, 5.74) is 0.387. The molecule has 0 radical (unpaired) electrons. The monoisotopic (exact) mass is 574 g/mol. The van der Waals surface area contributed by atoms with Crippen LogP contribution in [0.5, 0.6) is 0 Å². The van der Waals surface area contributed by atoms with Crippen molar-refractivity contribution in [3.05, 3.63) is 82.7 Å². The van der Waals surface area contributed by atoms with Gasteiger partial charge < -0.3 is 10.6 Å². The molecule has 0 spiro atoms. The first kappa shape index (κ1) is 26.0. The van der Waals surface area contributed by atoms with Gasteiger partial charge in [-0.3, -0.25) is 4.98 Å². The molecule has 2 aromatic heterocycles. The van der Waals surface area contributed by atoms with E-state index in [4.69, 9.17) is 0 Å². The Kier molecular flexibility index (Phi) is 7.61. The summed E-state index contributed by atoms with van der Waals surface area (Å²) in [5.74, 6) is 0. The van der Waals surface area contributed by atoms with Crippen molar-refractivity contribution in [3.8, 4) is 0 Å². The molecule has 0 saturated heterocycles. The lowest BCUT2D eigenvalue weighted by Gasteiger charge is -2.15. The number of aromatic nitrogens is 2. The lowest BCUT2D eigenvalue weighted by molar-refractivity contribution is -0.137. The van der Waals surface area contributed by atoms with Gasteiger partial charge in [-0.05, 0) is 55.1 Å². The first-order valence-corrected chi connectivity index (χ1v) is 11.9. The lowest BCUT2D eigenvalue weighted by Crippen LogP contribution is -2.12. The summed E-state index contributed by atoms with van der Waals surface area (Å²) in [7, 11) is -2.24. The Labute approximate surface area is 208 Å². The van der Waals surface area contributed by atoms with E-state index in [0.717, 1.165) is 15.6 Å². The number of hydrogen-bond acceptors (Lipinski definition) is 5. The van der Waals surface area contributed by atoms with Gasteiger partial charge in [-0.2, -0.15) is 13.2 Å². The Morgan fingerprint density at radius 2 is 1.88 bits per heavy atom. The van der Waals surface area contributed by atoms with Gasteiger partial charge in [0, 0.05) is 40.7 Å². The zero-order valence-corrected chi connectivity index (χ0v) is 20.8. The molecule has 0 aliphatic carbocycles. The van der Waals surface area contributed by atoms with Crippen LogP contribution in [0.25, 0.3) is 10.9 Å². The van der Waals surface area contributed by atoms with Crippen molar-refractivity contribution in [1.29, 1.82) is 0 Å². The molecular weight excluding hydrogens is 557 g/mol. The predicted molar refractivity (Wildman–Crippen MR) is 131 cm³/mol. The zero-order valence-electron chi connectivity index (χ0n) is 17.6. The van der Waals surface area contributed by atoms with Gasteiger partial charge in [-0.1, -0.05) is 22.0 Å². The van der Waals surface area contributed by atoms with E-state index in [1.165, 1.54) is 48.9 Å². The van der Waals surface area contributed by atoms with Gasteiger partial charge in [0.1, 0.15) is 4.90 Å². The van der Waals surface area contributed by atoms with Gasteiger partial charge in [0.15, 0.2) is 0 Å². The number of anilines is 2. The summed E-state index contributed by atoms with van der Waals surface area (Å²) in [6.07, 6.45) is -0.343. The number of alkyl halides is 3. The zero-order chi connectivity index (χ0) is 23.8. The molecule has 6 nitrogen and oxygen atoms in total. The van der Waals surface area contributed by atoms with Crippen LogP contribution in [0.4, 0.5) is 24.5 Å². The summed E-state index contributed by atoms with van der Waals surface area (Å²) in [6, 6.07) is 11.6. The number of nitrogens with zero attached hydrogens (tertiary/aromatic N) is 2. The van der Waals surface area contributed by atoms with Crippen molar-refractivity contribution in [2.75, 3.05) is 12.4 Å². The predicted octanol–water partition coefficient (Wildman–Crippen LogP) is 5.94. The lowest BCUT2D eigenvalue weighted by atomic mass is 10.1. The van der Waals surface area contributed by atoms with Crippen LogP contribution >= 0.6 is 28.3 Å². The number of fused-ring (bicyclic) bond motifs is 1. The van der Waals surface area contributed by atoms with E-state index in [1.807, 2.05) is 0 Å². The van der Waals surface area contributed by atoms with Gasteiger partial charge in [0.2, 0.25) is 0 Å². The van der Waals surface area contributed by atoms with E-state index in [9.17, 15) is 21.6 Å². The Morgan fingerprint density at radius 3 is 2.53 bits per heavy atom. The molecule has 4 rings (SSSR count). The Bertz CT molecular complexity index is 1430. The van der Waals surface area contributed by atoms with Crippen molar-refractivity contribution < 1.29 is 21.6 Å². The van der Waals surface area contributed by atoms with Crippen LogP contribution in [0, 0.1) is 0 Å². The minimum absolute atomic E-state index is 0. The first-order chi connectivity index (χ1) is 15.6. The largest absolute Gasteiger partial charge is 0.418 e. The average molecular weight is 576 g/mol. The van der Waals surface area contributed by atoms with Crippen LogP contribution in [-0.4, -0.2) is 24.4 Å². The van der Waals surface area contributed by atoms with E-state index in [0.29, 0.717) is 27.6 Å². The highest BCUT2D eigenvalue weighted by molar-refractivity contribution is 9.10. The second kappa shape index (κ2) is 9.95. The quantitative estimate of drug-likeness (QED) is 0.298. The first-order valence-electron chi connectivity index (χ1n) is 9.69. The molecular formula is C22H19BrClF3N4O2S. The van der Waals surface area contributed by atoms with Crippen molar-refractivity contribution in [2.45, 2.75) is 17.6 Å². The molecule has 0 amide bonds. The van der Waals surface area contributed by atoms with Gasteiger partial charge in [-0.25, -0.2) is 12.4 Å². The maximum absolute atomic E-state index is 13.5. The maximum Gasteiger partial charge on any atom is 0.418 e. The Hall–Kier alpha value is -2.60. The molecule has 180 valence electrons. The van der Waals surface area contributed by atoms with Gasteiger partial charge in [0.25, 0.3) is 10.0 Å². The van der Waals surface area contributed by atoms with E-state index in [-0.39, 0.29) is 23.0 Å². The minimum atomic E-state index is -4.57. The number of halogens is 5. The summed E-state index contributed by atoms with van der Waals surface area (Å²) in [6.45, 7) is 0.407. The summed E-state index contributed by atoms with van der Waals surface area (Å²) >= 11 is 3.07. The molecule has 0 saturated carbocycles. The molecule has 34 heavy (non-hydrogen) atoms. The third kappa shape index (κ3) is 5.07. The number of pyridine rings is 1. The van der Waals surface area contributed by atoms with Crippen molar-refractivity contribution >= 4 is 60.6 Å². The van der Waals surface area contributed by atoms with Crippen molar-refractivity contribution in [3.63, 3.8) is 0 Å². The second-order valence-electron chi connectivity index (χ2n) is 7.22. The molecule has 2 heterocycles. The molecule has 2 N–H and O–H groups in total. The standard InChI is InChI=1S/C22H18BrF3N4O2S.ClH/c1-27-11-14-13-30(33(31,32)17-3-2-8-28-12-17)21-10-16(5-6-18(14)21)29-20-7-4-15(23)9-19(20)22(24,25)26;/h2-10,12-13,27,29H,11H2,1H3;1H. The number of hydrogen-bond donors (Lipinski definition) is 2. The molecule has 12 heteroatoms. The van der Waals surface area contributed by atoms with Crippen molar-refractivity contribution in [1.82, 2.24) is 14.3 Å². The fourth-order valence-electron chi connectivity index (χ4n) is 3.50. The summed E-state index contributed by atoms with van der Waals surface area (Å²) in [5, 5.41) is 6.44. The average Bonchev–Trinajstić information content (AvgIpc) is 3.14. The number of benzene rings is 2. The molecule has 0 aliphatic heterocycles. The third-order valence-corrected chi connectivity index (χ3v) is 7.13. The fraction of sp³-hybridized carbons (Fsp3) is 0.136. The third-order valence-electron chi connectivity index (χ3n) is 4.98. The van der Waals surface area contributed by atoms with Crippen LogP contribution in [0.2, 0.25) is 0 Å². The van der Waals surface area contributed by atoms with E-state index < -0.39 is 21.8 Å². The summed E-state index contributed by atoms with van der Waals surface area (Å²) < 4.78 is 68.6. The number of nitrogens with one attached hydrogen (secondary N) is 2. The van der Waals surface area contributed by atoms with Crippen LogP contribution in [0.1, 0.15) is 11.1 Å². The number of rotatable bonds is 6. The normalized spacial score (nSPS) is 11.9. The Morgan fingerprint density at radius 1 is 1.12 bits per heavy atom. The van der Waals surface area contributed by atoms with Crippen LogP contribution in [-0.2, 0) is 22.7 Å². The van der Waals surface area contributed by atoms with Crippen LogP contribution < -0.4 is 10.6 Å². The van der Waals surface area contributed by atoms with Gasteiger partial charge in [0.05, 0.1) is 16.8 Å². The molecule has 0 fully saturated rings. The molecule has 0 aliphatic rings. The highest BCUT2D eigenvalue weighted by atomic mass is 79.9. The van der Waals surface area contributed by atoms with Crippen molar-refractivity contribution in [2.24, 2.45) is 0 Å². The van der Waals surface area contributed by atoms with Gasteiger partial charge >= 0.3 is 6.18 Å². The highest BCUT2D eigenvalue weighted by Crippen LogP contribution is 2.38. The maximum atomic E-state index is 13.5. The second-order valence-corrected chi connectivity index (χ2v) is 9.95. The molecule has 4 aromatic rings. The molecule has 0 atom stereocenters. The molecule has 0 bridgehead atoms.